The summed E-state index contributed by atoms with van der Waals surface area (Å²) in [5.41, 5.74) is 5.31. The number of hydrogen-bond donors (Lipinski definition) is 1. The van der Waals surface area contributed by atoms with E-state index in [1.165, 1.54) is 0 Å². The van der Waals surface area contributed by atoms with Gasteiger partial charge in [0.2, 0.25) is 0 Å². The van der Waals surface area contributed by atoms with E-state index in [9.17, 15) is 9.59 Å². The number of benzene rings is 1. The van der Waals surface area contributed by atoms with Gasteiger partial charge in [-0.2, -0.15) is 0 Å². The third-order valence-electron chi connectivity index (χ3n) is 3.14. The van der Waals surface area contributed by atoms with Crippen LogP contribution in [-0.4, -0.2) is 24.0 Å². The molecule has 1 heterocycles. The van der Waals surface area contributed by atoms with Crippen molar-refractivity contribution in [1.82, 2.24) is 4.68 Å². The first-order valence-electron chi connectivity index (χ1n) is 6.16. The molecule has 0 atom stereocenters. The summed E-state index contributed by atoms with van der Waals surface area (Å²) in [4.78, 5) is 23.1. The molecule has 1 aromatic heterocycles. The van der Waals surface area contributed by atoms with Crippen molar-refractivity contribution in [3.8, 4) is 5.75 Å². The molecule has 0 aliphatic carbocycles. The number of methoxy groups -OCH3 is 1. The van der Waals surface area contributed by atoms with Crippen LogP contribution in [0.25, 0.3) is 0 Å². The first-order chi connectivity index (χ1) is 9.56. The summed E-state index contributed by atoms with van der Waals surface area (Å²) < 4.78 is 6.69. The van der Waals surface area contributed by atoms with Crippen LogP contribution in [0.15, 0.2) is 30.3 Å². The lowest BCUT2D eigenvalue weighted by molar-refractivity contribution is 0.101. The Hall–Kier alpha value is -2.56. The molecule has 0 bridgehead atoms. The zero-order valence-electron chi connectivity index (χ0n) is 11.6. The Bertz CT molecular complexity index is 659. The second kappa shape index (κ2) is 5.61. The molecule has 0 aliphatic heterocycles. The second-order valence-corrected chi connectivity index (χ2v) is 4.45. The van der Waals surface area contributed by atoms with E-state index in [0.29, 0.717) is 22.6 Å². The van der Waals surface area contributed by atoms with E-state index in [-0.39, 0.29) is 5.91 Å². The van der Waals surface area contributed by atoms with Crippen LogP contribution in [0.4, 0.5) is 0 Å². The molecule has 0 saturated heterocycles. The van der Waals surface area contributed by atoms with Crippen molar-refractivity contribution in [3.05, 3.63) is 52.8 Å². The molecule has 104 valence electrons. The molecule has 1 aromatic carbocycles. The monoisotopic (exact) mass is 272 g/mol. The van der Waals surface area contributed by atoms with Crippen molar-refractivity contribution in [1.29, 1.82) is 0 Å². The first kappa shape index (κ1) is 13.9. The Morgan fingerprint density at radius 2 is 2.05 bits per heavy atom. The molecule has 0 spiro atoms. The minimum Gasteiger partial charge on any atom is -0.497 e. The summed E-state index contributed by atoms with van der Waals surface area (Å²) in [7, 11) is 1.55. The molecule has 0 saturated carbocycles. The van der Waals surface area contributed by atoms with Crippen LogP contribution in [0, 0.1) is 13.8 Å². The minimum atomic E-state index is -0.261. The number of amides is 1. The lowest BCUT2D eigenvalue weighted by Gasteiger charge is -2.11. The summed E-state index contributed by atoms with van der Waals surface area (Å²) >= 11 is 0. The largest absolute Gasteiger partial charge is 0.497 e. The fourth-order valence-electron chi connectivity index (χ4n) is 2.01. The normalized spacial score (nSPS) is 10.2. The van der Waals surface area contributed by atoms with Gasteiger partial charge in [-0.25, -0.2) is 0 Å². The van der Waals surface area contributed by atoms with Crippen LogP contribution >= 0.6 is 0 Å². The van der Waals surface area contributed by atoms with Crippen LogP contribution in [0.2, 0.25) is 0 Å². The maximum atomic E-state index is 12.2. The zero-order chi connectivity index (χ0) is 14.7. The number of carbonyl (C=O) groups excluding carboxylic acids is 2. The van der Waals surface area contributed by atoms with Gasteiger partial charge in [-0.3, -0.25) is 19.7 Å². The SMILES string of the molecule is COc1cccc(C(=O)Nn2c(C)cc(C=O)c2C)c1. The summed E-state index contributed by atoms with van der Waals surface area (Å²) in [6.45, 7) is 3.61. The number of nitrogens with one attached hydrogen (secondary N) is 1. The number of aldehydes is 1. The molecule has 1 N–H and O–H groups in total. The summed E-state index contributed by atoms with van der Waals surface area (Å²) in [5, 5.41) is 0. The third-order valence-corrected chi connectivity index (χ3v) is 3.14. The number of carbonyl (C=O) groups is 2. The number of hydrogen-bond acceptors (Lipinski definition) is 3. The highest BCUT2D eigenvalue weighted by Crippen LogP contribution is 2.15. The number of aromatic nitrogens is 1. The van der Waals surface area contributed by atoms with E-state index >= 15 is 0 Å². The Morgan fingerprint density at radius 1 is 1.30 bits per heavy atom. The predicted octanol–water partition coefficient (Wildman–Crippen LogP) is 2.31. The van der Waals surface area contributed by atoms with Crippen LogP contribution < -0.4 is 10.2 Å². The van der Waals surface area contributed by atoms with E-state index in [1.54, 1.807) is 49.0 Å². The van der Waals surface area contributed by atoms with Gasteiger partial charge in [-0.15, -0.1) is 0 Å². The molecule has 0 unspecified atom stereocenters. The number of aryl methyl sites for hydroxylation is 1. The van der Waals surface area contributed by atoms with Gasteiger partial charge in [-0.1, -0.05) is 6.07 Å². The molecule has 2 aromatic rings. The van der Waals surface area contributed by atoms with Crippen molar-refractivity contribution in [3.63, 3.8) is 0 Å². The van der Waals surface area contributed by atoms with Gasteiger partial charge in [-0.05, 0) is 38.1 Å². The number of rotatable bonds is 4. The molecule has 0 fully saturated rings. The van der Waals surface area contributed by atoms with Gasteiger partial charge in [0.05, 0.1) is 7.11 Å². The second-order valence-electron chi connectivity index (χ2n) is 4.45. The van der Waals surface area contributed by atoms with Crippen molar-refractivity contribution < 1.29 is 14.3 Å². The number of ether oxygens (including phenoxy) is 1. The van der Waals surface area contributed by atoms with Crippen molar-refractivity contribution >= 4 is 12.2 Å². The van der Waals surface area contributed by atoms with Gasteiger partial charge in [0.1, 0.15) is 5.75 Å². The van der Waals surface area contributed by atoms with E-state index in [1.807, 2.05) is 6.92 Å². The van der Waals surface area contributed by atoms with Crippen molar-refractivity contribution in [2.75, 3.05) is 12.5 Å². The van der Waals surface area contributed by atoms with Gasteiger partial charge in [0.15, 0.2) is 6.29 Å². The summed E-state index contributed by atoms with van der Waals surface area (Å²) in [6, 6.07) is 8.61. The van der Waals surface area contributed by atoms with E-state index in [4.69, 9.17) is 4.74 Å². The van der Waals surface area contributed by atoms with Gasteiger partial charge < -0.3 is 4.74 Å². The van der Waals surface area contributed by atoms with E-state index < -0.39 is 0 Å². The maximum Gasteiger partial charge on any atom is 0.270 e. The molecular weight excluding hydrogens is 256 g/mol. The summed E-state index contributed by atoms with van der Waals surface area (Å²) in [6.07, 6.45) is 0.774. The summed E-state index contributed by atoms with van der Waals surface area (Å²) in [5.74, 6) is 0.357. The molecule has 1 amide bonds. The molecule has 20 heavy (non-hydrogen) atoms. The average molecular weight is 272 g/mol. The predicted molar refractivity (Wildman–Crippen MR) is 76.0 cm³/mol. The quantitative estimate of drug-likeness (QED) is 0.869. The van der Waals surface area contributed by atoms with Crippen LogP contribution in [-0.2, 0) is 0 Å². The average Bonchev–Trinajstić information content (AvgIpc) is 2.74. The smallest absolute Gasteiger partial charge is 0.270 e. The topological polar surface area (TPSA) is 60.3 Å². The van der Waals surface area contributed by atoms with Gasteiger partial charge in [0.25, 0.3) is 5.91 Å². The Labute approximate surface area is 117 Å². The van der Waals surface area contributed by atoms with Crippen molar-refractivity contribution in [2.24, 2.45) is 0 Å². The fraction of sp³-hybridized carbons (Fsp3) is 0.200. The van der Waals surface area contributed by atoms with Crippen molar-refractivity contribution in [2.45, 2.75) is 13.8 Å². The van der Waals surface area contributed by atoms with Gasteiger partial charge in [0, 0.05) is 22.5 Å². The van der Waals surface area contributed by atoms with Crippen LogP contribution in [0.5, 0.6) is 5.75 Å². The Kier molecular flexibility index (Phi) is 3.89. The van der Waals surface area contributed by atoms with Gasteiger partial charge >= 0.3 is 0 Å². The maximum absolute atomic E-state index is 12.2. The molecule has 5 nitrogen and oxygen atoms in total. The highest BCUT2D eigenvalue weighted by Gasteiger charge is 2.12. The third kappa shape index (κ3) is 2.56. The fourth-order valence-corrected chi connectivity index (χ4v) is 2.01. The van der Waals surface area contributed by atoms with E-state index in [0.717, 1.165) is 12.0 Å². The Morgan fingerprint density at radius 3 is 2.65 bits per heavy atom. The lowest BCUT2D eigenvalue weighted by atomic mass is 10.2. The first-order valence-corrected chi connectivity index (χ1v) is 6.16. The zero-order valence-corrected chi connectivity index (χ0v) is 11.6. The molecule has 0 aliphatic rings. The van der Waals surface area contributed by atoms with Crippen LogP contribution in [0.3, 0.4) is 0 Å². The lowest BCUT2D eigenvalue weighted by Crippen LogP contribution is -2.24. The number of nitrogens with zero attached hydrogens (tertiary/aromatic N) is 1. The highest BCUT2D eigenvalue weighted by atomic mass is 16.5. The standard InChI is InChI=1S/C15H16N2O3/c1-10-7-13(9-18)11(2)17(10)16-15(19)12-5-4-6-14(8-12)20-3/h4-9H,1-3H3,(H,16,19). The molecular formula is C15H16N2O3. The molecule has 5 heteroatoms. The highest BCUT2D eigenvalue weighted by molar-refractivity contribution is 6.00. The molecule has 2 rings (SSSR count). The van der Waals surface area contributed by atoms with E-state index in [2.05, 4.69) is 5.43 Å². The molecule has 0 radical (unpaired) electrons. The minimum absolute atomic E-state index is 0.261. The Balaban J connectivity index is 2.27. The van der Waals surface area contributed by atoms with Crippen LogP contribution in [0.1, 0.15) is 32.1 Å².